The number of rotatable bonds is 15. The molecule has 51 heavy (non-hydrogen) atoms. The summed E-state index contributed by atoms with van der Waals surface area (Å²) >= 11 is 0. The van der Waals surface area contributed by atoms with Gasteiger partial charge in [0, 0.05) is 26.6 Å². The van der Waals surface area contributed by atoms with Crippen molar-refractivity contribution in [1.29, 1.82) is 0 Å². The minimum Gasteiger partial charge on any atom is -0.480 e. The SMILES string of the molecule is CN(C(=O)OCc1ccccc1)[C@H](Cc1ccccc1)C(=O)N1CCC[C@H]1C(=O)N(C(=O)OCc1ccccc1)[C@H](CCCN=C(N)N)C(=O)O. The molecular formula is C37H44N6O8. The summed E-state index contributed by atoms with van der Waals surface area (Å²) in [6, 6.07) is 23.0. The lowest BCUT2D eigenvalue weighted by Gasteiger charge is -2.35. The van der Waals surface area contributed by atoms with E-state index in [9.17, 15) is 29.1 Å². The second kappa shape index (κ2) is 18.7. The number of hydrogen-bond acceptors (Lipinski definition) is 8. The first kappa shape index (κ1) is 37.9. The average molecular weight is 701 g/mol. The van der Waals surface area contributed by atoms with Gasteiger partial charge in [0.25, 0.3) is 5.91 Å². The highest BCUT2D eigenvalue weighted by molar-refractivity contribution is 6.01. The molecule has 270 valence electrons. The van der Waals surface area contributed by atoms with E-state index in [-0.39, 0.29) is 57.9 Å². The molecule has 0 radical (unpaired) electrons. The van der Waals surface area contributed by atoms with Crippen LogP contribution in [0.5, 0.6) is 0 Å². The van der Waals surface area contributed by atoms with Crippen LogP contribution >= 0.6 is 0 Å². The number of likely N-dealkylation sites (N-methyl/N-ethyl adjacent to an activating group) is 1. The lowest BCUT2D eigenvalue weighted by Crippen LogP contribution is -2.58. The number of likely N-dealkylation sites (tertiary alicyclic amines) is 1. The summed E-state index contributed by atoms with van der Waals surface area (Å²) < 4.78 is 11.0. The Labute approximate surface area is 296 Å². The Kier molecular flexibility index (Phi) is 13.9. The van der Waals surface area contributed by atoms with Crippen molar-refractivity contribution in [3.8, 4) is 0 Å². The predicted octanol–water partition coefficient (Wildman–Crippen LogP) is 3.53. The Morgan fingerprint density at radius 1 is 0.824 bits per heavy atom. The van der Waals surface area contributed by atoms with Crippen molar-refractivity contribution >= 4 is 35.9 Å². The molecule has 14 nitrogen and oxygen atoms in total. The van der Waals surface area contributed by atoms with Crippen molar-refractivity contribution in [2.24, 2.45) is 16.5 Å². The highest BCUT2D eigenvalue weighted by Crippen LogP contribution is 2.26. The van der Waals surface area contributed by atoms with Crippen LogP contribution in [0, 0.1) is 0 Å². The second-order valence-electron chi connectivity index (χ2n) is 12.1. The molecule has 3 aromatic carbocycles. The van der Waals surface area contributed by atoms with Gasteiger partial charge in [-0.2, -0.15) is 0 Å². The van der Waals surface area contributed by atoms with E-state index in [4.69, 9.17) is 20.9 Å². The Balaban J connectivity index is 1.60. The van der Waals surface area contributed by atoms with Gasteiger partial charge in [0.2, 0.25) is 5.91 Å². The van der Waals surface area contributed by atoms with Gasteiger partial charge in [0.15, 0.2) is 5.96 Å². The summed E-state index contributed by atoms with van der Waals surface area (Å²) in [5.74, 6) is -3.08. The van der Waals surface area contributed by atoms with E-state index in [1.165, 1.54) is 16.8 Å². The van der Waals surface area contributed by atoms with Gasteiger partial charge in [-0.05, 0) is 42.4 Å². The van der Waals surface area contributed by atoms with Gasteiger partial charge in [-0.25, -0.2) is 19.3 Å². The van der Waals surface area contributed by atoms with Crippen LogP contribution in [0.15, 0.2) is 96.0 Å². The van der Waals surface area contributed by atoms with Gasteiger partial charge in [-0.1, -0.05) is 91.0 Å². The van der Waals surface area contributed by atoms with E-state index < -0.39 is 48.1 Å². The lowest BCUT2D eigenvalue weighted by molar-refractivity contribution is -0.153. The molecule has 0 spiro atoms. The molecule has 1 heterocycles. The molecule has 0 aromatic heterocycles. The summed E-state index contributed by atoms with van der Waals surface area (Å²) in [5.41, 5.74) is 13.0. The molecule has 1 aliphatic rings. The molecule has 1 fully saturated rings. The number of aliphatic imine (C=N–C) groups is 1. The van der Waals surface area contributed by atoms with Gasteiger partial charge in [0.05, 0.1) is 0 Å². The first-order valence-electron chi connectivity index (χ1n) is 16.7. The molecule has 0 saturated carbocycles. The van der Waals surface area contributed by atoms with Crippen molar-refractivity contribution in [3.63, 3.8) is 0 Å². The maximum Gasteiger partial charge on any atom is 0.417 e. The number of carbonyl (C=O) groups excluding carboxylic acids is 4. The first-order chi connectivity index (χ1) is 24.6. The number of amides is 4. The summed E-state index contributed by atoms with van der Waals surface area (Å²) in [6.07, 6.45) is -1.28. The number of nitrogens with zero attached hydrogens (tertiary/aromatic N) is 4. The minimum absolute atomic E-state index is 0.0130. The first-order valence-corrected chi connectivity index (χ1v) is 16.7. The lowest BCUT2D eigenvalue weighted by atomic mass is 10.0. The van der Waals surface area contributed by atoms with E-state index in [2.05, 4.69) is 4.99 Å². The summed E-state index contributed by atoms with van der Waals surface area (Å²) in [5, 5.41) is 10.2. The minimum atomic E-state index is -1.64. The molecule has 3 aromatic rings. The van der Waals surface area contributed by atoms with Crippen LogP contribution in [0.25, 0.3) is 0 Å². The number of ether oxygens (including phenoxy) is 2. The van der Waals surface area contributed by atoms with E-state index in [0.29, 0.717) is 16.9 Å². The Bertz CT molecular complexity index is 1650. The van der Waals surface area contributed by atoms with Crippen molar-refractivity contribution in [3.05, 3.63) is 108 Å². The number of aliphatic carboxylic acids is 1. The third-order valence-corrected chi connectivity index (χ3v) is 8.50. The number of hydrogen-bond donors (Lipinski definition) is 3. The monoisotopic (exact) mass is 700 g/mol. The number of imide groups is 1. The molecule has 1 aliphatic heterocycles. The highest BCUT2D eigenvalue weighted by Gasteiger charge is 2.46. The highest BCUT2D eigenvalue weighted by atomic mass is 16.6. The van der Waals surface area contributed by atoms with Gasteiger partial charge in [-0.3, -0.25) is 19.5 Å². The van der Waals surface area contributed by atoms with Gasteiger partial charge in [0.1, 0.15) is 31.3 Å². The number of nitrogens with two attached hydrogens (primary N) is 2. The molecule has 3 atom stereocenters. The summed E-state index contributed by atoms with van der Waals surface area (Å²) in [7, 11) is 1.45. The number of carboxylic acids is 1. The standard InChI is InChI=1S/C37H44N6O8/c1-41(36(48)50-24-27-15-7-3-8-16-27)31(23-26-13-5-2-6-14-26)32(44)42-22-12-20-29(42)33(45)43(30(34(46)47)19-11-21-40-35(38)39)37(49)51-25-28-17-9-4-10-18-28/h2-10,13-18,29-31H,11-12,19-25H2,1H3,(H,46,47)(H4,38,39,40)/t29-,30+,31+/m0/s1. The van der Waals surface area contributed by atoms with Gasteiger partial charge in [-0.15, -0.1) is 0 Å². The molecule has 4 rings (SSSR count). The van der Waals surface area contributed by atoms with Crippen LogP contribution in [-0.2, 0) is 43.5 Å². The van der Waals surface area contributed by atoms with Crippen molar-refractivity contribution in [2.75, 3.05) is 20.1 Å². The Hall–Kier alpha value is -5.92. The van der Waals surface area contributed by atoms with Crippen LogP contribution in [-0.4, -0.2) is 94.0 Å². The maximum absolute atomic E-state index is 14.4. The molecule has 1 saturated heterocycles. The number of carboxylic acid groups (broad SMARTS) is 1. The molecule has 14 heteroatoms. The molecule has 0 bridgehead atoms. The van der Waals surface area contributed by atoms with Crippen molar-refractivity contribution in [2.45, 2.75) is 63.4 Å². The van der Waals surface area contributed by atoms with Crippen molar-refractivity contribution < 1.29 is 38.6 Å². The quantitative estimate of drug-likeness (QED) is 0.120. The normalized spacial score (nSPS) is 14.8. The number of benzene rings is 3. The zero-order valence-electron chi connectivity index (χ0n) is 28.5. The Morgan fingerprint density at radius 3 is 1.88 bits per heavy atom. The molecule has 4 amide bonds. The van der Waals surface area contributed by atoms with E-state index in [1.807, 2.05) is 60.7 Å². The zero-order valence-corrected chi connectivity index (χ0v) is 28.5. The zero-order chi connectivity index (χ0) is 36.8. The maximum atomic E-state index is 14.4. The fourth-order valence-electron chi connectivity index (χ4n) is 5.83. The number of guanidine groups is 1. The van der Waals surface area contributed by atoms with Gasteiger partial charge < -0.3 is 30.9 Å². The summed E-state index contributed by atoms with van der Waals surface area (Å²) in [6.45, 7) is -0.0231. The Morgan fingerprint density at radius 2 is 1.35 bits per heavy atom. The molecular weight excluding hydrogens is 656 g/mol. The van der Waals surface area contributed by atoms with E-state index in [1.54, 1.807) is 30.3 Å². The van der Waals surface area contributed by atoms with Crippen LogP contribution < -0.4 is 11.5 Å². The fourth-order valence-corrected chi connectivity index (χ4v) is 5.83. The average Bonchev–Trinajstić information content (AvgIpc) is 3.64. The van der Waals surface area contributed by atoms with E-state index in [0.717, 1.165) is 11.1 Å². The largest absolute Gasteiger partial charge is 0.480 e. The van der Waals surface area contributed by atoms with Gasteiger partial charge >= 0.3 is 18.2 Å². The molecule has 0 unspecified atom stereocenters. The van der Waals surface area contributed by atoms with Crippen molar-refractivity contribution in [1.82, 2.24) is 14.7 Å². The fraction of sp³-hybridized carbons (Fsp3) is 0.351. The predicted molar refractivity (Wildman–Crippen MR) is 188 cm³/mol. The smallest absolute Gasteiger partial charge is 0.417 e. The van der Waals surface area contributed by atoms with Crippen LogP contribution in [0.4, 0.5) is 9.59 Å². The van der Waals surface area contributed by atoms with Crippen LogP contribution in [0.1, 0.15) is 42.4 Å². The third-order valence-electron chi connectivity index (χ3n) is 8.50. The summed E-state index contributed by atoms with van der Waals surface area (Å²) in [4.78, 5) is 75.2. The second-order valence-corrected chi connectivity index (χ2v) is 12.1. The third kappa shape index (κ3) is 10.8. The number of carbonyl (C=O) groups is 5. The topological polar surface area (TPSA) is 198 Å². The molecule has 5 N–H and O–H groups in total. The molecule has 0 aliphatic carbocycles. The van der Waals surface area contributed by atoms with E-state index >= 15 is 0 Å². The van der Waals surface area contributed by atoms with Crippen LogP contribution in [0.3, 0.4) is 0 Å². The van der Waals surface area contributed by atoms with Crippen LogP contribution in [0.2, 0.25) is 0 Å².